The molecule has 0 aromatic heterocycles. The molecule has 0 radical (unpaired) electrons. The lowest BCUT2D eigenvalue weighted by molar-refractivity contribution is 0.528. The summed E-state index contributed by atoms with van der Waals surface area (Å²) in [7, 11) is 0. The highest BCUT2D eigenvalue weighted by molar-refractivity contribution is 6.35. The fourth-order valence-electron chi connectivity index (χ4n) is 1.86. The van der Waals surface area contributed by atoms with Gasteiger partial charge in [0.1, 0.15) is 5.82 Å². The van der Waals surface area contributed by atoms with Crippen molar-refractivity contribution in [2.45, 2.75) is 19.5 Å². The van der Waals surface area contributed by atoms with Crippen LogP contribution in [0.4, 0.5) is 4.39 Å². The molecule has 1 N–H and O–H groups in total. The number of hydrogen-bond donors (Lipinski definition) is 1. The molecule has 2 aromatic rings. The van der Waals surface area contributed by atoms with Crippen LogP contribution in [-0.2, 0) is 6.54 Å². The molecule has 0 bridgehead atoms. The highest BCUT2D eigenvalue weighted by Crippen LogP contribution is 2.22. The van der Waals surface area contributed by atoms with Crippen molar-refractivity contribution >= 4 is 23.2 Å². The van der Waals surface area contributed by atoms with Crippen LogP contribution in [0.5, 0.6) is 0 Å². The average molecular weight is 298 g/mol. The van der Waals surface area contributed by atoms with E-state index >= 15 is 0 Å². The Kier molecular flexibility index (Phi) is 4.81. The summed E-state index contributed by atoms with van der Waals surface area (Å²) in [6.07, 6.45) is 0. The molecule has 2 rings (SSSR count). The Bertz CT molecular complexity index is 572. The van der Waals surface area contributed by atoms with Crippen molar-refractivity contribution in [1.29, 1.82) is 0 Å². The Labute approximate surface area is 122 Å². The van der Waals surface area contributed by atoms with Crippen molar-refractivity contribution in [2.24, 2.45) is 0 Å². The van der Waals surface area contributed by atoms with Crippen LogP contribution in [0.2, 0.25) is 10.0 Å². The van der Waals surface area contributed by atoms with E-state index in [-0.39, 0.29) is 11.9 Å². The first-order chi connectivity index (χ1) is 9.08. The summed E-state index contributed by atoms with van der Waals surface area (Å²) in [5.41, 5.74) is 1.59. The van der Waals surface area contributed by atoms with E-state index in [1.54, 1.807) is 24.3 Å². The lowest BCUT2D eigenvalue weighted by Gasteiger charge is -2.15. The van der Waals surface area contributed by atoms with Gasteiger partial charge in [0.05, 0.1) is 0 Å². The molecule has 0 saturated carbocycles. The molecule has 0 aliphatic carbocycles. The molecule has 4 heteroatoms. The van der Waals surface area contributed by atoms with Crippen LogP contribution in [0, 0.1) is 5.82 Å². The minimum absolute atomic E-state index is 0.0899. The third-order valence-corrected chi connectivity index (χ3v) is 3.57. The lowest BCUT2D eigenvalue weighted by Crippen LogP contribution is -2.19. The molecule has 0 heterocycles. The molecule has 1 unspecified atom stereocenters. The van der Waals surface area contributed by atoms with E-state index in [0.29, 0.717) is 22.2 Å². The van der Waals surface area contributed by atoms with Gasteiger partial charge >= 0.3 is 0 Å². The zero-order valence-electron chi connectivity index (χ0n) is 10.5. The predicted molar refractivity (Wildman–Crippen MR) is 78.1 cm³/mol. The Morgan fingerprint density at radius 1 is 1.16 bits per heavy atom. The van der Waals surface area contributed by atoms with Crippen molar-refractivity contribution < 1.29 is 4.39 Å². The quantitative estimate of drug-likeness (QED) is 0.839. The summed E-state index contributed by atoms with van der Waals surface area (Å²) in [5, 5.41) is 4.47. The van der Waals surface area contributed by atoms with Gasteiger partial charge in [0.25, 0.3) is 0 Å². The monoisotopic (exact) mass is 297 g/mol. The van der Waals surface area contributed by atoms with Gasteiger partial charge in [0, 0.05) is 28.2 Å². The van der Waals surface area contributed by atoms with E-state index in [9.17, 15) is 4.39 Å². The molecule has 1 nitrogen and oxygen atoms in total. The van der Waals surface area contributed by atoms with Crippen LogP contribution in [0.25, 0.3) is 0 Å². The molecular formula is C15H14Cl2FN. The van der Waals surface area contributed by atoms with Crippen LogP contribution in [0.15, 0.2) is 42.5 Å². The minimum Gasteiger partial charge on any atom is -0.306 e. The molecular weight excluding hydrogens is 284 g/mol. The second-order valence-corrected chi connectivity index (χ2v) is 5.20. The molecule has 1 atom stereocenters. The minimum atomic E-state index is -0.204. The summed E-state index contributed by atoms with van der Waals surface area (Å²) in [6.45, 7) is 2.48. The third-order valence-electron chi connectivity index (χ3n) is 2.99. The van der Waals surface area contributed by atoms with Gasteiger partial charge in [-0.25, -0.2) is 4.39 Å². The molecule has 100 valence electrons. The Morgan fingerprint density at radius 3 is 2.58 bits per heavy atom. The lowest BCUT2D eigenvalue weighted by atomic mass is 10.1. The summed E-state index contributed by atoms with van der Waals surface area (Å²) in [4.78, 5) is 0. The van der Waals surface area contributed by atoms with Crippen molar-refractivity contribution in [2.75, 3.05) is 0 Å². The molecule has 19 heavy (non-hydrogen) atoms. The second kappa shape index (κ2) is 6.38. The molecule has 2 aromatic carbocycles. The maximum Gasteiger partial charge on any atom is 0.127 e. The first-order valence-electron chi connectivity index (χ1n) is 5.99. The summed E-state index contributed by atoms with van der Waals surface area (Å²) in [6, 6.07) is 12.0. The van der Waals surface area contributed by atoms with E-state index in [2.05, 4.69) is 5.32 Å². The molecule has 0 aliphatic heterocycles. The fourth-order valence-corrected chi connectivity index (χ4v) is 2.34. The number of hydrogen-bond acceptors (Lipinski definition) is 1. The van der Waals surface area contributed by atoms with E-state index in [1.165, 1.54) is 6.07 Å². The summed E-state index contributed by atoms with van der Waals surface area (Å²) in [5.74, 6) is -0.204. The summed E-state index contributed by atoms with van der Waals surface area (Å²) >= 11 is 11.9. The van der Waals surface area contributed by atoms with Gasteiger partial charge in [0.2, 0.25) is 0 Å². The fraction of sp³-hybridized carbons (Fsp3) is 0.200. The SMILES string of the molecule is CC(NCc1ccc(Cl)cc1Cl)c1ccccc1F. The van der Waals surface area contributed by atoms with E-state index < -0.39 is 0 Å². The maximum absolute atomic E-state index is 13.6. The zero-order valence-corrected chi connectivity index (χ0v) is 12.0. The highest BCUT2D eigenvalue weighted by atomic mass is 35.5. The Hall–Kier alpha value is -1.09. The number of halogens is 3. The van der Waals surface area contributed by atoms with Gasteiger partial charge in [-0.3, -0.25) is 0 Å². The zero-order chi connectivity index (χ0) is 13.8. The van der Waals surface area contributed by atoms with Crippen molar-refractivity contribution in [3.63, 3.8) is 0 Å². The first-order valence-corrected chi connectivity index (χ1v) is 6.75. The summed E-state index contributed by atoms with van der Waals surface area (Å²) < 4.78 is 13.6. The third kappa shape index (κ3) is 3.69. The number of benzene rings is 2. The van der Waals surface area contributed by atoms with Crippen molar-refractivity contribution in [3.05, 3.63) is 69.5 Å². The van der Waals surface area contributed by atoms with Gasteiger partial charge in [-0.2, -0.15) is 0 Å². The average Bonchev–Trinajstić information content (AvgIpc) is 2.38. The molecule has 0 saturated heterocycles. The van der Waals surface area contributed by atoms with Gasteiger partial charge in [-0.15, -0.1) is 0 Å². The maximum atomic E-state index is 13.6. The Balaban J connectivity index is 2.04. The van der Waals surface area contributed by atoms with Crippen LogP contribution in [0.3, 0.4) is 0 Å². The van der Waals surface area contributed by atoms with Crippen molar-refractivity contribution in [3.8, 4) is 0 Å². The number of rotatable bonds is 4. The molecule has 0 spiro atoms. The van der Waals surface area contributed by atoms with Crippen LogP contribution < -0.4 is 5.32 Å². The largest absolute Gasteiger partial charge is 0.306 e. The number of nitrogens with one attached hydrogen (secondary N) is 1. The van der Waals surface area contributed by atoms with E-state index in [4.69, 9.17) is 23.2 Å². The van der Waals surface area contributed by atoms with E-state index in [0.717, 1.165) is 5.56 Å². The van der Waals surface area contributed by atoms with Gasteiger partial charge in [-0.05, 0) is 30.7 Å². The standard InChI is InChI=1S/C15H14Cl2FN/c1-10(13-4-2-3-5-15(13)18)19-9-11-6-7-12(16)8-14(11)17/h2-8,10,19H,9H2,1H3. The molecule has 0 aliphatic rings. The van der Waals surface area contributed by atoms with Crippen LogP contribution in [-0.4, -0.2) is 0 Å². The van der Waals surface area contributed by atoms with Crippen LogP contribution in [0.1, 0.15) is 24.1 Å². The van der Waals surface area contributed by atoms with E-state index in [1.807, 2.05) is 19.1 Å². The van der Waals surface area contributed by atoms with Crippen molar-refractivity contribution in [1.82, 2.24) is 5.32 Å². The topological polar surface area (TPSA) is 12.0 Å². The highest BCUT2D eigenvalue weighted by Gasteiger charge is 2.10. The first kappa shape index (κ1) is 14.3. The molecule has 0 fully saturated rings. The van der Waals surface area contributed by atoms with Gasteiger partial charge in [0.15, 0.2) is 0 Å². The predicted octanol–water partition coefficient (Wildman–Crippen LogP) is 4.98. The second-order valence-electron chi connectivity index (χ2n) is 4.36. The van der Waals surface area contributed by atoms with Gasteiger partial charge < -0.3 is 5.32 Å². The van der Waals surface area contributed by atoms with Crippen LogP contribution >= 0.6 is 23.2 Å². The Morgan fingerprint density at radius 2 is 1.89 bits per heavy atom. The smallest absolute Gasteiger partial charge is 0.127 e. The molecule has 0 amide bonds. The normalized spacial score (nSPS) is 12.4. The van der Waals surface area contributed by atoms with Gasteiger partial charge in [-0.1, -0.05) is 47.5 Å².